The molecule has 32 heavy (non-hydrogen) atoms. The molecule has 2 aliphatic rings. The molecule has 1 aliphatic carbocycles. The Morgan fingerprint density at radius 2 is 1.84 bits per heavy atom. The van der Waals surface area contributed by atoms with Crippen molar-refractivity contribution in [2.45, 2.75) is 75.9 Å². The molecule has 4 rings (SSSR count). The predicted octanol–water partition coefficient (Wildman–Crippen LogP) is 4.95. The summed E-state index contributed by atoms with van der Waals surface area (Å²) in [5.74, 6) is 0.631. The van der Waals surface area contributed by atoms with Crippen molar-refractivity contribution in [3.63, 3.8) is 0 Å². The van der Waals surface area contributed by atoms with Gasteiger partial charge in [0.25, 0.3) is 0 Å². The lowest BCUT2D eigenvalue weighted by molar-refractivity contribution is -0.121. The Morgan fingerprint density at radius 3 is 2.41 bits per heavy atom. The molecular formula is C24H34N5O2Si. The normalized spacial score (nSPS) is 19.6. The molecule has 171 valence electrons. The Hall–Kier alpha value is -2.61. The molecule has 0 saturated heterocycles. The molecule has 8 heteroatoms. The summed E-state index contributed by atoms with van der Waals surface area (Å²) in [7, 11) is -1.69. The monoisotopic (exact) mass is 452 g/mol. The van der Waals surface area contributed by atoms with E-state index in [0.717, 1.165) is 36.1 Å². The van der Waals surface area contributed by atoms with Gasteiger partial charge in [0, 0.05) is 10.6 Å². The minimum absolute atomic E-state index is 0.0832. The minimum Gasteiger partial charge on any atom is -0.331 e. The maximum atomic E-state index is 13.3. The Kier molecular flexibility index (Phi) is 5.47. The molecule has 1 radical (unpaired) electrons. The Bertz CT molecular complexity index is 1020. The van der Waals surface area contributed by atoms with E-state index < -0.39 is 13.6 Å². The van der Waals surface area contributed by atoms with Gasteiger partial charge in [-0.05, 0) is 39.2 Å². The van der Waals surface area contributed by atoms with Crippen LogP contribution in [0.4, 0.5) is 10.6 Å². The van der Waals surface area contributed by atoms with Crippen molar-refractivity contribution >= 4 is 25.8 Å². The number of urea groups is 1. The van der Waals surface area contributed by atoms with Gasteiger partial charge in [0.2, 0.25) is 5.91 Å². The third-order valence-corrected chi connectivity index (χ3v) is 11.1. The first-order valence-electron chi connectivity index (χ1n) is 11.3. The van der Waals surface area contributed by atoms with Crippen LogP contribution >= 0.6 is 0 Å². The molecule has 0 spiro atoms. The molecule has 3 amide bonds. The molecule has 1 saturated carbocycles. The summed E-state index contributed by atoms with van der Waals surface area (Å²) in [5.41, 5.74) is 2.10. The lowest BCUT2D eigenvalue weighted by Gasteiger charge is -2.48. The van der Waals surface area contributed by atoms with Gasteiger partial charge in [-0.25, -0.2) is 4.79 Å². The first kappa shape index (κ1) is 22.6. The predicted molar refractivity (Wildman–Crippen MR) is 129 cm³/mol. The standard InChI is InChI=1S/C24H34N5O2Si/c1-16(17-11-8-7-9-12-17)25-22(31)29-15-18-19(23(29,2)3)27-28-20(18)26-21(30)24(13-10-14-24)32(4,5)6/h7-9,11-12,16H,1,10,13-15H2,2-6H3,(H,25,31)(H2,26,27,28,30)/t16-/m0/s1. The van der Waals surface area contributed by atoms with Gasteiger partial charge >= 0.3 is 6.03 Å². The summed E-state index contributed by atoms with van der Waals surface area (Å²) < 4.78 is 0. The summed E-state index contributed by atoms with van der Waals surface area (Å²) in [6.07, 6.45) is 3.00. The molecule has 3 N–H and O–H groups in total. The topological polar surface area (TPSA) is 90.1 Å². The molecule has 0 unspecified atom stereocenters. The lowest BCUT2D eigenvalue weighted by atomic mass is 9.83. The Morgan fingerprint density at radius 1 is 1.19 bits per heavy atom. The lowest BCUT2D eigenvalue weighted by Crippen LogP contribution is -2.52. The second kappa shape index (κ2) is 7.76. The number of nitrogens with zero attached hydrogens (tertiary/aromatic N) is 2. The van der Waals surface area contributed by atoms with Crippen LogP contribution in [-0.2, 0) is 16.9 Å². The number of anilines is 1. The molecule has 7 nitrogen and oxygen atoms in total. The molecular weight excluding hydrogens is 418 g/mol. The number of nitrogens with one attached hydrogen (secondary N) is 3. The van der Waals surface area contributed by atoms with Crippen LogP contribution in [0.3, 0.4) is 0 Å². The zero-order valence-corrected chi connectivity index (χ0v) is 20.7. The van der Waals surface area contributed by atoms with Crippen molar-refractivity contribution in [2.75, 3.05) is 5.32 Å². The van der Waals surface area contributed by atoms with Gasteiger partial charge < -0.3 is 15.5 Å². The zero-order valence-electron chi connectivity index (χ0n) is 19.7. The first-order valence-corrected chi connectivity index (χ1v) is 14.8. The van der Waals surface area contributed by atoms with E-state index in [1.54, 1.807) is 4.90 Å². The van der Waals surface area contributed by atoms with Crippen molar-refractivity contribution in [1.29, 1.82) is 0 Å². The first-order chi connectivity index (χ1) is 15.0. The number of carbonyl (C=O) groups is 2. The Balaban J connectivity index is 1.51. The van der Waals surface area contributed by atoms with Gasteiger partial charge in [-0.3, -0.25) is 9.89 Å². The molecule has 1 aromatic carbocycles. The smallest absolute Gasteiger partial charge is 0.318 e. The highest BCUT2D eigenvalue weighted by atomic mass is 28.3. The van der Waals surface area contributed by atoms with Crippen LogP contribution in [0.5, 0.6) is 0 Å². The Labute approximate surface area is 191 Å². The van der Waals surface area contributed by atoms with Crippen LogP contribution in [0.1, 0.15) is 56.0 Å². The maximum Gasteiger partial charge on any atom is 0.318 e. The van der Waals surface area contributed by atoms with Crippen LogP contribution < -0.4 is 10.6 Å². The zero-order chi connectivity index (χ0) is 23.3. The number of hydrogen-bond acceptors (Lipinski definition) is 3. The number of amides is 3. The highest BCUT2D eigenvalue weighted by Crippen LogP contribution is 2.56. The SMILES string of the molecule is [CH2][C@H](NC(=O)N1Cc2c(NC(=O)C3([Si](C)(C)C)CCC3)n[nH]c2C1(C)C)c1ccccc1. The van der Waals surface area contributed by atoms with Crippen LogP contribution in [0.25, 0.3) is 0 Å². The molecule has 1 fully saturated rings. The van der Waals surface area contributed by atoms with E-state index in [2.05, 4.69) is 47.4 Å². The van der Waals surface area contributed by atoms with E-state index in [1.165, 1.54) is 0 Å². The molecule has 2 aromatic rings. The summed E-state index contributed by atoms with van der Waals surface area (Å²) in [4.78, 5) is 28.2. The number of H-pyrrole nitrogens is 1. The quantitative estimate of drug-likeness (QED) is 0.561. The number of rotatable bonds is 5. The van der Waals surface area contributed by atoms with Gasteiger partial charge in [-0.2, -0.15) is 5.10 Å². The van der Waals surface area contributed by atoms with E-state index in [4.69, 9.17) is 0 Å². The maximum absolute atomic E-state index is 13.3. The number of hydrogen-bond donors (Lipinski definition) is 3. The van der Waals surface area contributed by atoms with Crippen molar-refractivity contribution in [2.24, 2.45) is 0 Å². The van der Waals surface area contributed by atoms with E-state index in [9.17, 15) is 9.59 Å². The largest absolute Gasteiger partial charge is 0.331 e. The van der Waals surface area contributed by atoms with E-state index in [-0.39, 0.29) is 23.0 Å². The number of fused-ring (bicyclic) bond motifs is 1. The van der Waals surface area contributed by atoms with Gasteiger partial charge in [0.15, 0.2) is 5.82 Å². The average molecular weight is 453 g/mol. The fraction of sp³-hybridized carbons (Fsp3) is 0.500. The third-order valence-electron chi connectivity index (χ3n) is 7.52. The molecule has 1 aromatic heterocycles. The average Bonchev–Trinajstić information content (AvgIpc) is 3.18. The fourth-order valence-corrected chi connectivity index (χ4v) is 7.61. The van der Waals surface area contributed by atoms with Crippen molar-refractivity contribution in [3.05, 3.63) is 54.1 Å². The summed E-state index contributed by atoms with van der Waals surface area (Å²) in [6, 6.07) is 9.14. The number of aromatic nitrogens is 2. The fourth-order valence-electron chi connectivity index (χ4n) is 5.02. The summed E-state index contributed by atoms with van der Waals surface area (Å²) >= 11 is 0. The second-order valence-corrected chi connectivity index (χ2v) is 16.1. The molecule has 0 bridgehead atoms. The van der Waals surface area contributed by atoms with Crippen LogP contribution in [-0.4, -0.2) is 35.1 Å². The highest BCUT2D eigenvalue weighted by molar-refractivity contribution is 6.83. The number of benzene rings is 1. The molecule has 1 atom stereocenters. The highest BCUT2D eigenvalue weighted by Gasteiger charge is 2.54. The van der Waals surface area contributed by atoms with Gasteiger partial charge in [0.05, 0.1) is 31.9 Å². The number of carbonyl (C=O) groups excluding carboxylic acids is 2. The molecule has 1 aliphatic heterocycles. The molecule has 2 heterocycles. The van der Waals surface area contributed by atoms with Crippen LogP contribution in [0.15, 0.2) is 30.3 Å². The summed E-state index contributed by atoms with van der Waals surface area (Å²) in [5, 5.41) is 13.4. The second-order valence-electron chi connectivity index (χ2n) is 10.6. The van der Waals surface area contributed by atoms with Crippen molar-refractivity contribution < 1.29 is 9.59 Å². The van der Waals surface area contributed by atoms with E-state index in [0.29, 0.717) is 12.4 Å². The minimum atomic E-state index is -1.69. The number of aromatic amines is 1. The van der Waals surface area contributed by atoms with Gasteiger partial charge in [0.1, 0.15) is 0 Å². The van der Waals surface area contributed by atoms with Crippen molar-refractivity contribution in [1.82, 2.24) is 20.4 Å². The van der Waals surface area contributed by atoms with E-state index in [1.807, 2.05) is 44.2 Å². The van der Waals surface area contributed by atoms with Gasteiger partial charge in [-0.15, -0.1) is 0 Å². The van der Waals surface area contributed by atoms with Crippen molar-refractivity contribution in [3.8, 4) is 0 Å². The van der Waals surface area contributed by atoms with Crippen LogP contribution in [0, 0.1) is 6.92 Å². The van der Waals surface area contributed by atoms with Gasteiger partial charge in [-0.1, -0.05) is 56.4 Å². The van der Waals surface area contributed by atoms with E-state index >= 15 is 0 Å². The third kappa shape index (κ3) is 3.54. The van der Waals surface area contributed by atoms with Crippen LogP contribution in [0.2, 0.25) is 24.7 Å². The summed E-state index contributed by atoms with van der Waals surface area (Å²) in [6.45, 7) is 15.2.